The van der Waals surface area contributed by atoms with Crippen LogP contribution in [0.5, 0.6) is 0 Å². The van der Waals surface area contributed by atoms with Crippen LogP contribution in [0.15, 0.2) is 34.3 Å². The summed E-state index contributed by atoms with van der Waals surface area (Å²) < 4.78 is 39.3. The van der Waals surface area contributed by atoms with E-state index in [9.17, 15) is 18.4 Å². The molecule has 4 rings (SSSR count). The molecule has 0 saturated heterocycles. The molecule has 3 N–H and O–H groups in total. The van der Waals surface area contributed by atoms with Crippen molar-refractivity contribution in [2.24, 2.45) is 10.8 Å². The van der Waals surface area contributed by atoms with Crippen molar-refractivity contribution in [1.29, 1.82) is 5.26 Å². The summed E-state index contributed by atoms with van der Waals surface area (Å²) in [7, 11) is 0. The molecule has 0 amide bonds. The number of hydrogen-bond donors (Lipinski definition) is 2. The van der Waals surface area contributed by atoms with Crippen LogP contribution in [0.4, 0.5) is 19.0 Å². The van der Waals surface area contributed by atoms with E-state index in [1.165, 1.54) is 29.6 Å². The number of nitriles is 1. The first kappa shape index (κ1) is 19.0. The normalized spacial score (nSPS) is 16.9. The third kappa shape index (κ3) is 3.55. The standard InChI is InChI=1S/C17H13F3N6S2/c18-17(19,20)11-2-1-9(10(5-11)7-21)8-27-15-23-16(3-4-16)12-6-13(24-22)25-26-14(12)28-15/h1-2,5-6H,3-4,8,22H2,(H,24,25). The molecular formula is C17H13F3N6S2. The number of hydrogen-bond acceptors (Lipinski definition) is 8. The van der Waals surface area contributed by atoms with E-state index in [1.807, 2.05) is 12.1 Å². The number of nitrogen functional groups attached to an aromatic ring is 1. The van der Waals surface area contributed by atoms with Crippen LogP contribution in [0.25, 0.3) is 0 Å². The lowest BCUT2D eigenvalue weighted by Crippen LogP contribution is -2.17. The Balaban J connectivity index is 1.54. The lowest BCUT2D eigenvalue weighted by atomic mass is 10.1. The van der Waals surface area contributed by atoms with E-state index in [0.29, 0.717) is 17.1 Å². The van der Waals surface area contributed by atoms with Crippen molar-refractivity contribution in [2.75, 3.05) is 5.43 Å². The fraction of sp³-hybridized carbons (Fsp3) is 0.294. The van der Waals surface area contributed by atoms with Crippen LogP contribution in [0.1, 0.15) is 35.1 Å². The lowest BCUT2D eigenvalue weighted by Gasteiger charge is -2.22. The highest BCUT2D eigenvalue weighted by molar-refractivity contribution is 8.38. The zero-order chi connectivity index (χ0) is 19.9. The number of benzene rings is 1. The number of nitrogens with one attached hydrogen (secondary N) is 1. The third-order valence-electron chi connectivity index (χ3n) is 4.53. The van der Waals surface area contributed by atoms with Gasteiger partial charge in [-0.05, 0) is 48.4 Å². The summed E-state index contributed by atoms with van der Waals surface area (Å²) in [5, 5.41) is 18.2. The number of alkyl halides is 3. The van der Waals surface area contributed by atoms with Crippen LogP contribution in [0.3, 0.4) is 0 Å². The Morgan fingerprint density at radius 1 is 1.29 bits per heavy atom. The summed E-state index contributed by atoms with van der Waals surface area (Å²) in [5.41, 5.74) is 2.87. The molecule has 6 nitrogen and oxygen atoms in total. The first-order valence-corrected chi connectivity index (χ1v) is 10.0. The number of aliphatic imine (C=N–C) groups is 1. The van der Waals surface area contributed by atoms with Crippen LogP contribution in [-0.4, -0.2) is 14.6 Å². The van der Waals surface area contributed by atoms with Crippen molar-refractivity contribution in [1.82, 2.24) is 10.2 Å². The van der Waals surface area contributed by atoms with Gasteiger partial charge in [0.15, 0.2) is 5.82 Å². The molecule has 0 atom stereocenters. The zero-order valence-electron chi connectivity index (χ0n) is 14.2. The molecule has 144 valence electrons. The molecule has 2 aliphatic rings. The average Bonchev–Trinajstić information content (AvgIpc) is 3.45. The maximum absolute atomic E-state index is 12.8. The predicted octanol–water partition coefficient (Wildman–Crippen LogP) is 4.04. The number of hydrazine groups is 1. The minimum Gasteiger partial charge on any atom is -0.307 e. The average molecular weight is 422 g/mol. The molecule has 1 saturated carbocycles. The van der Waals surface area contributed by atoms with Crippen LogP contribution in [0, 0.1) is 11.3 Å². The molecule has 1 spiro atoms. The second kappa shape index (κ2) is 6.95. The van der Waals surface area contributed by atoms with E-state index in [0.717, 1.165) is 39.9 Å². The predicted molar refractivity (Wildman–Crippen MR) is 102 cm³/mol. The topological polar surface area (TPSA) is 100.0 Å². The highest BCUT2D eigenvalue weighted by Gasteiger charge is 2.49. The van der Waals surface area contributed by atoms with Gasteiger partial charge in [0.05, 0.1) is 22.7 Å². The van der Waals surface area contributed by atoms with E-state index in [2.05, 4.69) is 15.6 Å². The highest BCUT2D eigenvalue weighted by atomic mass is 32.2. The first-order valence-electron chi connectivity index (χ1n) is 8.20. The Kier molecular flexibility index (Phi) is 4.73. The van der Waals surface area contributed by atoms with Crippen molar-refractivity contribution in [3.05, 3.63) is 46.5 Å². The van der Waals surface area contributed by atoms with E-state index in [-0.39, 0.29) is 11.1 Å². The number of halogens is 3. The van der Waals surface area contributed by atoms with E-state index < -0.39 is 11.7 Å². The molecule has 1 aromatic carbocycles. The fourth-order valence-corrected chi connectivity index (χ4v) is 5.13. The molecule has 1 fully saturated rings. The molecule has 0 radical (unpaired) electrons. The molecule has 2 heterocycles. The molecule has 1 aromatic heterocycles. The van der Waals surface area contributed by atoms with Crippen LogP contribution in [0.2, 0.25) is 0 Å². The van der Waals surface area contributed by atoms with E-state index in [1.54, 1.807) is 0 Å². The molecule has 28 heavy (non-hydrogen) atoms. The molecule has 0 bridgehead atoms. The molecular weight excluding hydrogens is 409 g/mol. The van der Waals surface area contributed by atoms with Crippen molar-refractivity contribution >= 4 is 33.7 Å². The highest BCUT2D eigenvalue weighted by Crippen LogP contribution is 2.56. The Bertz CT molecular complexity index is 1010. The maximum Gasteiger partial charge on any atom is 0.416 e. The van der Waals surface area contributed by atoms with Crippen LogP contribution >= 0.6 is 23.5 Å². The number of nitrogens with two attached hydrogens (primary N) is 1. The van der Waals surface area contributed by atoms with Crippen LogP contribution < -0.4 is 11.3 Å². The van der Waals surface area contributed by atoms with Gasteiger partial charge in [-0.25, -0.2) is 5.84 Å². The van der Waals surface area contributed by atoms with Gasteiger partial charge in [0, 0.05) is 11.3 Å². The van der Waals surface area contributed by atoms with Gasteiger partial charge in [-0.1, -0.05) is 17.8 Å². The van der Waals surface area contributed by atoms with E-state index >= 15 is 0 Å². The van der Waals surface area contributed by atoms with Gasteiger partial charge in [-0.2, -0.15) is 18.4 Å². The second-order valence-electron chi connectivity index (χ2n) is 6.37. The summed E-state index contributed by atoms with van der Waals surface area (Å²) >= 11 is 2.75. The smallest absolute Gasteiger partial charge is 0.307 e. The minimum absolute atomic E-state index is 0.0173. The number of aromatic nitrogens is 2. The van der Waals surface area contributed by atoms with Gasteiger partial charge in [0.1, 0.15) is 9.40 Å². The lowest BCUT2D eigenvalue weighted by molar-refractivity contribution is -0.137. The first-order chi connectivity index (χ1) is 13.3. The van der Waals surface area contributed by atoms with Gasteiger partial charge in [0.25, 0.3) is 0 Å². The largest absolute Gasteiger partial charge is 0.416 e. The monoisotopic (exact) mass is 422 g/mol. The molecule has 1 aliphatic carbocycles. The van der Waals surface area contributed by atoms with Gasteiger partial charge < -0.3 is 5.43 Å². The molecule has 2 aromatic rings. The Morgan fingerprint density at radius 2 is 2.07 bits per heavy atom. The third-order valence-corrected chi connectivity index (χ3v) is 6.69. The maximum atomic E-state index is 12.8. The summed E-state index contributed by atoms with van der Waals surface area (Å²) in [6, 6.07) is 6.93. The van der Waals surface area contributed by atoms with Gasteiger partial charge >= 0.3 is 6.18 Å². The van der Waals surface area contributed by atoms with Crippen molar-refractivity contribution in [2.45, 2.75) is 35.3 Å². The fourth-order valence-electron chi connectivity index (χ4n) is 2.88. The number of nitrogens with zero attached hydrogens (tertiary/aromatic N) is 4. The van der Waals surface area contributed by atoms with Crippen molar-refractivity contribution in [3.63, 3.8) is 0 Å². The number of anilines is 1. The Hall–Kier alpha value is -2.29. The number of thioether (sulfide) groups is 2. The number of rotatable bonds is 3. The van der Waals surface area contributed by atoms with Crippen molar-refractivity contribution in [3.8, 4) is 6.07 Å². The summed E-state index contributed by atoms with van der Waals surface area (Å²) in [6.07, 6.45) is -2.69. The van der Waals surface area contributed by atoms with E-state index in [4.69, 9.17) is 10.8 Å². The Morgan fingerprint density at radius 3 is 2.71 bits per heavy atom. The molecule has 11 heteroatoms. The summed E-state index contributed by atoms with van der Waals surface area (Å²) in [5.74, 6) is 6.21. The van der Waals surface area contributed by atoms with Gasteiger partial charge in [-0.3, -0.25) is 4.99 Å². The zero-order valence-corrected chi connectivity index (χ0v) is 15.9. The van der Waals surface area contributed by atoms with Gasteiger partial charge in [0.2, 0.25) is 0 Å². The molecule has 1 aliphatic heterocycles. The SMILES string of the molecule is N#Cc1cc(C(F)(F)F)ccc1CSC1=NC2(CC2)c2cc(NN)nnc2S1. The van der Waals surface area contributed by atoms with Gasteiger partial charge in [-0.15, -0.1) is 10.2 Å². The Labute approximate surface area is 166 Å². The summed E-state index contributed by atoms with van der Waals surface area (Å²) in [4.78, 5) is 4.81. The number of fused-ring (bicyclic) bond motifs is 2. The van der Waals surface area contributed by atoms with Crippen molar-refractivity contribution < 1.29 is 13.2 Å². The van der Waals surface area contributed by atoms with Crippen LogP contribution in [-0.2, 0) is 17.5 Å². The quantitative estimate of drug-likeness (QED) is 0.569. The summed E-state index contributed by atoms with van der Waals surface area (Å²) in [6.45, 7) is 0. The second-order valence-corrected chi connectivity index (χ2v) is 8.57. The minimum atomic E-state index is -4.47. The molecule has 0 unspecified atom stereocenters.